The van der Waals surface area contributed by atoms with Gasteiger partial charge in [-0.05, 0) is 38.4 Å². The van der Waals surface area contributed by atoms with Crippen molar-refractivity contribution in [3.05, 3.63) is 35.8 Å². The lowest BCUT2D eigenvalue weighted by atomic mass is 10.1. The highest BCUT2D eigenvalue weighted by molar-refractivity contribution is 5.95. The number of carbonyl (C=O) groups is 1. The largest absolute Gasteiger partial charge is 0.333 e. The van der Waals surface area contributed by atoms with E-state index < -0.39 is 0 Å². The molecule has 4 heterocycles. The van der Waals surface area contributed by atoms with E-state index >= 15 is 0 Å². The van der Waals surface area contributed by atoms with Crippen LogP contribution < -0.4 is 0 Å². The first-order chi connectivity index (χ1) is 10.1. The Bertz CT molecular complexity index is 707. The van der Waals surface area contributed by atoms with Crippen LogP contribution in [0, 0.1) is 12.8 Å². The van der Waals surface area contributed by atoms with E-state index in [4.69, 9.17) is 0 Å². The molecule has 0 radical (unpaired) electrons. The molecule has 21 heavy (non-hydrogen) atoms. The molecule has 5 nitrogen and oxygen atoms in total. The van der Waals surface area contributed by atoms with Crippen LogP contribution in [0.3, 0.4) is 0 Å². The van der Waals surface area contributed by atoms with Gasteiger partial charge < -0.3 is 9.80 Å². The number of fused-ring (bicyclic) bond motifs is 2. The fourth-order valence-corrected chi connectivity index (χ4v) is 3.93. The second kappa shape index (κ2) is 4.56. The zero-order valence-electron chi connectivity index (χ0n) is 12.5. The summed E-state index contributed by atoms with van der Waals surface area (Å²) in [6.07, 6.45) is 3.05. The fraction of sp³-hybridized carbons (Fsp3) is 0.500. The molecule has 2 aromatic heterocycles. The Morgan fingerprint density at radius 1 is 1.33 bits per heavy atom. The third kappa shape index (κ3) is 1.87. The number of nitrogens with zero attached hydrogens (tertiary/aromatic N) is 4. The van der Waals surface area contributed by atoms with E-state index in [1.165, 1.54) is 0 Å². The van der Waals surface area contributed by atoms with Gasteiger partial charge in [-0.2, -0.15) is 0 Å². The van der Waals surface area contributed by atoms with Gasteiger partial charge in [-0.3, -0.25) is 9.20 Å². The number of pyridine rings is 1. The van der Waals surface area contributed by atoms with E-state index in [1.54, 1.807) is 0 Å². The van der Waals surface area contributed by atoms with Gasteiger partial charge in [-0.1, -0.05) is 6.07 Å². The average molecular weight is 284 g/mol. The molecule has 5 heteroatoms. The minimum absolute atomic E-state index is 0.133. The van der Waals surface area contributed by atoms with E-state index in [9.17, 15) is 4.79 Å². The SMILES string of the molecule is Cc1nc2ccccn2c1C(=O)N1CC[C@H]2CN(C)C[C@H]21. The lowest BCUT2D eigenvalue weighted by Gasteiger charge is -2.24. The van der Waals surface area contributed by atoms with Crippen molar-refractivity contribution >= 4 is 11.6 Å². The van der Waals surface area contributed by atoms with Gasteiger partial charge >= 0.3 is 0 Å². The maximum Gasteiger partial charge on any atom is 0.273 e. The number of likely N-dealkylation sites (N-methyl/N-ethyl adjacent to an activating group) is 1. The zero-order chi connectivity index (χ0) is 14.6. The minimum Gasteiger partial charge on any atom is -0.333 e. The van der Waals surface area contributed by atoms with Gasteiger partial charge in [-0.15, -0.1) is 0 Å². The van der Waals surface area contributed by atoms with Gasteiger partial charge in [0.1, 0.15) is 11.3 Å². The molecule has 0 N–H and O–H groups in total. The third-order valence-electron chi connectivity index (χ3n) is 4.90. The van der Waals surface area contributed by atoms with Crippen LogP contribution in [0.2, 0.25) is 0 Å². The zero-order valence-corrected chi connectivity index (χ0v) is 12.5. The molecule has 0 spiro atoms. The summed E-state index contributed by atoms with van der Waals surface area (Å²) < 4.78 is 1.92. The molecular formula is C16H20N4O. The monoisotopic (exact) mass is 284 g/mol. The van der Waals surface area contributed by atoms with Crippen molar-refractivity contribution in [1.82, 2.24) is 19.2 Å². The smallest absolute Gasteiger partial charge is 0.273 e. The maximum absolute atomic E-state index is 13.0. The summed E-state index contributed by atoms with van der Waals surface area (Å²) in [4.78, 5) is 21.9. The summed E-state index contributed by atoms with van der Waals surface area (Å²) in [6.45, 7) is 4.91. The number of rotatable bonds is 1. The third-order valence-corrected chi connectivity index (χ3v) is 4.90. The molecule has 2 saturated heterocycles. The summed E-state index contributed by atoms with van der Waals surface area (Å²) >= 11 is 0. The Morgan fingerprint density at radius 3 is 3.05 bits per heavy atom. The molecule has 0 saturated carbocycles. The van der Waals surface area contributed by atoms with Gasteiger partial charge in [0.05, 0.1) is 5.69 Å². The standard InChI is InChI=1S/C16H20N4O/c1-11-15(20-7-4-3-5-14(20)17-11)16(21)19-8-6-12-9-18(2)10-13(12)19/h3-5,7,12-13H,6,8-10H2,1-2H3/t12-,13+/m0/s1. The Kier molecular flexibility index (Phi) is 2.79. The number of hydrogen-bond acceptors (Lipinski definition) is 3. The van der Waals surface area contributed by atoms with Crippen molar-refractivity contribution in [3.8, 4) is 0 Å². The first-order valence-electron chi connectivity index (χ1n) is 7.58. The second-order valence-corrected chi connectivity index (χ2v) is 6.31. The summed E-state index contributed by atoms with van der Waals surface area (Å²) in [5.74, 6) is 0.771. The van der Waals surface area contributed by atoms with Gasteiger partial charge in [0.25, 0.3) is 5.91 Å². The molecule has 2 aromatic rings. The van der Waals surface area contributed by atoms with Crippen LogP contribution in [0.4, 0.5) is 0 Å². The van der Waals surface area contributed by atoms with Crippen LogP contribution in [-0.2, 0) is 0 Å². The molecule has 0 aliphatic carbocycles. The van der Waals surface area contributed by atoms with Crippen molar-refractivity contribution < 1.29 is 4.79 Å². The molecular weight excluding hydrogens is 264 g/mol. The highest BCUT2D eigenvalue weighted by atomic mass is 16.2. The predicted octanol–water partition coefficient (Wildman–Crippen LogP) is 1.42. The first kappa shape index (κ1) is 12.8. The molecule has 0 aromatic carbocycles. The minimum atomic E-state index is 0.133. The number of amides is 1. The van der Waals surface area contributed by atoms with Crippen LogP contribution in [0.25, 0.3) is 5.65 Å². The van der Waals surface area contributed by atoms with E-state index in [0.29, 0.717) is 12.0 Å². The molecule has 2 atom stereocenters. The lowest BCUT2D eigenvalue weighted by Crippen LogP contribution is -2.40. The van der Waals surface area contributed by atoms with Gasteiger partial charge in [0, 0.05) is 31.9 Å². The van der Waals surface area contributed by atoms with Gasteiger partial charge in [0.15, 0.2) is 0 Å². The van der Waals surface area contributed by atoms with E-state index in [-0.39, 0.29) is 5.91 Å². The quantitative estimate of drug-likeness (QED) is 0.795. The lowest BCUT2D eigenvalue weighted by molar-refractivity contribution is 0.0722. The first-order valence-corrected chi connectivity index (χ1v) is 7.58. The number of aryl methyl sites for hydroxylation is 1. The van der Waals surface area contributed by atoms with Crippen LogP contribution in [0.15, 0.2) is 24.4 Å². The molecule has 2 fully saturated rings. The Morgan fingerprint density at radius 2 is 2.19 bits per heavy atom. The van der Waals surface area contributed by atoms with Crippen LogP contribution in [0.1, 0.15) is 22.6 Å². The number of likely N-dealkylation sites (tertiary alicyclic amines) is 2. The fourth-order valence-electron chi connectivity index (χ4n) is 3.93. The van der Waals surface area contributed by atoms with E-state index in [2.05, 4.69) is 21.8 Å². The molecule has 0 unspecified atom stereocenters. The molecule has 1 amide bonds. The van der Waals surface area contributed by atoms with Crippen LogP contribution >= 0.6 is 0 Å². The Balaban J connectivity index is 1.72. The summed E-state index contributed by atoms with van der Waals surface area (Å²) in [7, 11) is 2.14. The Labute approximate surface area is 124 Å². The van der Waals surface area contributed by atoms with E-state index in [1.807, 2.05) is 35.7 Å². The van der Waals surface area contributed by atoms with Crippen molar-refractivity contribution in [2.75, 3.05) is 26.7 Å². The van der Waals surface area contributed by atoms with Crippen LogP contribution in [-0.4, -0.2) is 57.8 Å². The van der Waals surface area contributed by atoms with Crippen molar-refractivity contribution in [2.45, 2.75) is 19.4 Å². The number of aromatic nitrogens is 2. The van der Waals surface area contributed by atoms with Crippen LogP contribution in [0.5, 0.6) is 0 Å². The summed E-state index contributed by atoms with van der Waals surface area (Å²) in [5.41, 5.74) is 2.39. The van der Waals surface area contributed by atoms with E-state index in [0.717, 1.165) is 43.1 Å². The topological polar surface area (TPSA) is 40.9 Å². The summed E-state index contributed by atoms with van der Waals surface area (Å²) in [5, 5.41) is 0. The number of imidazole rings is 1. The molecule has 2 aliphatic heterocycles. The average Bonchev–Trinajstić information content (AvgIpc) is 3.08. The second-order valence-electron chi connectivity index (χ2n) is 6.31. The van der Waals surface area contributed by atoms with Crippen molar-refractivity contribution in [2.24, 2.45) is 5.92 Å². The normalized spacial score (nSPS) is 25.7. The maximum atomic E-state index is 13.0. The predicted molar refractivity (Wildman–Crippen MR) is 80.4 cm³/mol. The number of hydrogen-bond donors (Lipinski definition) is 0. The Hall–Kier alpha value is -1.88. The highest BCUT2D eigenvalue weighted by Crippen LogP contribution is 2.32. The van der Waals surface area contributed by atoms with Gasteiger partial charge in [0.2, 0.25) is 0 Å². The highest BCUT2D eigenvalue weighted by Gasteiger charge is 2.43. The number of carbonyl (C=O) groups excluding carboxylic acids is 1. The molecule has 110 valence electrons. The van der Waals surface area contributed by atoms with Gasteiger partial charge in [-0.25, -0.2) is 4.98 Å². The molecule has 0 bridgehead atoms. The van der Waals surface area contributed by atoms with Crippen molar-refractivity contribution in [3.63, 3.8) is 0 Å². The summed E-state index contributed by atoms with van der Waals surface area (Å²) in [6, 6.07) is 6.21. The van der Waals surface area contributed by atoms with Crippen molar-refractivity contribution in [1.29, 1.82) is 0 Å². The molecule has 4 rings (SSSR count). The molecule has 2 aliphatic rings.